The van der Waals surface area contributed by atoms with E-state index in [4.69, 9.17) is 9.47 Å². The average molecular weight is 491 g/mol. The first-order valence-electron chi connectivity index (χ1n) is 12.2. The van der Waals surface area contributed by atoms with Crippen LogP contribution in [-0.4, -0.2) is 6.61 Å². The fraction of sp³-hybridized carbons (Fsp3) is 0.226. The molecule has 0 N–H and O–H groups in total. The lowest BCUT2D eigenvalue weighted by molar-refractivity contribution is 0.297. The minimum absolute atomic E-state index is 0.119. The molecule has 0 fully saturated rings. The lowest BCUT2D eigenvalue weighted by atomic mass is 10.0. The minimum atomic E-state index is -0.927. The maximum atomic E-state index is 14.7. The van der Waals surface area contributed by atoms with Gasteiger partial charge in [-0.3, -0.25) is 0 Å². The van der Waals surface area contributed by atoms with Crippen molar-refractivity contribution in [3.63, 3.8) is 0 Å². The summed E-state index contributed by atoms with van der Waals surface area (Å²) in [5.41, 5.74) is 3.11. The zero-order valence-electron chi connectivity index (χ0n) is 20.5. The van der Waals surface area contributed by atoms with E-state index in [1.165, 1.54) is 12.1 Å². The summed E-state index contributed by atoms with van der Waals surface area (Å²) in [6, 6.07) is 22.0. The Labute approximate surface area is 210 Å². The van der Waals surface area contributed by atoms with E-state index >= 15 is 0 Å². The molecule has 4 aromatic rings. The van der Waals surface area contributed by atoms with Crippen LogP contribution in [0.2, 0.25) is 0 Å². The molecule has 0 aliphatic carbocycles. The molecule has 0 saturated carbocycles. The van der Waals surface area contributed by atoms with Crippen LogP contribution in [0, 0.1) is 24.4 Å². The standard InChI is InChI=1S/C31H29F3O2/c1-3-4-5-18-35-26-15-17-27(29(32)19-26)22-10-13-25(14-11-22)36-20-24-12-16-28(31(34)30(24)33)23-8-6-21(2)7-9-23/h6-17,19H,3-5,18,20H2,1-2H3. The summed E-state index contributed by atoms with van der Waals surface area (Å²) in [4.78, 5) is 0. The number of hydrogen-bond acceptors (Lipinski definition) is 2. The predicted octanol–water partition coefficient (Wildman–Crippen LogP) is 8.89. The lowest BCUT2D eigenvalue weighted by Gasteiger charge is -2.12. The van der Waals surface area contributed by atoms with Crippen LogP contribution in [0.1, 0.15) is 37.3 Å². The molecule has 0 amide bonds. The van der Waals surface area contributed by atoms with E-state index < -0.39 is 11.6 Å². The number of benzene rings is 4. The van der Waals surface area contributed by atoms with Crippen LogP contribution in [0.5, 0.6) is 11.5 Å². The molecule has 0 heterocycles. The molecule has 0 aromatic heterocycles. The van der Waals surface area contributed by atoms with E-state index in [1.54, 1.807) is 54.6 Å². The molecule has 0 radical (unpaired) electrons. The van der Waals surface area contributed by atoms with Crippen LogP contribution in [0.25, 0.3) is 22.3 Å². The first kappa shape index (κ1) is 25.4. The number of aryl methyl sites for hydroxylation is 1. The van der Waals surface area contributed by atoms with Crippen LogP contribution in [-0.2, 0) is 6.61 Å². The van der Waals surface area contributed by atoms with Crippen LogP contribution in [0.4, 0.5) is 13.2 Å². The third-order valence-electron chi connectivity index (χ3n) is 6.04. The highest BCUT2D eigenvalue weighted by Gasteiger charge is 2.15. The van der Waals surface area contributed by atoms with Gasteiger partial charge in [0.25, 0.3) is 0 Å². The van der Waals surface area contributed by atoms with Crippen molar-refractivity contribution in [3.8, 4) is 33.8 Å². The van der Waals surface area contributed by atoms with Gasteiger partial charge in [-0.05, 0) is 48.7 Å². The summed E-state index contributed by atoms with van der Waals surface area (Å²) in [7, 11) is 0. The highest BCUT2D eigenvalue weighted by molar-refractivity contribution is 5.66. The van der Waals surface area contributed by atoms with Gasteiger partial charge >= 0.3 is 0 Å². The van der Waals surface area contributed by atoms with Crippen molar-refractivity contribution in [1.82, 2.24) is 0 Å². The van der Waals surface area contributed by atoms with Gasteiger partial charge in [-0.2, -0.15) is 0 Å². The Morgan fingerprint density at radius 1 is 0.639 bits per heavy atom. The predicted molar refractivity (Wildman–Crippen MR) is 138 cm³/mol. The van der Waals surface area contributed by atoms with Crippen LogP contribution in [0.3, 0.4) is 0 Å². The van der Waals surface area contributed by atoms with E-state index in [0.29, 0.717) is 34.8 Å². The molecule has 186 valence electrons. The first-order valence-corrected chi connectivity index (χ1v) is 12.2. The van der Waals surface area contributed by atoms with E-state index in [-0.39, 0.29) is 23.6 Å². The second-order valence-electron chi connectivity index (χ2n) is 8.78. The van der Waals surface area contributed by atoms with Gasteiger partial charge in [0.1, 0.15) is 23.9 Å². The van der Waals surface area contributed by atoms with Crippen molar-refractivity contribution in [1.29, 1.82) is 0 Å². The van der Waals surface area contributed by atoms with Gasteiger partial charge in [-0.15, -0.1) is 0 Å². The third kappa shape index (κ3) is 6.09. The number of rotatable bonds is 10. The second kappa shape index (κ2) is 11.8. The molecule has 0 aliphatic rings. The second-order valence-corrected chi connectivity index (χ2v) is 8.78. The van der Waals surface area contributed by atoms with Crippen molar-refractivity contribution in [2.75, 3.05) is 6.61 Å². The van der Waals surface area contributed by atoms with Gasteiger partial charge in [0.2, 0.25) is 0 Å². The normalized spacial score (nSPS) is 10.9. The van der Waals surface area contributed by atoms with E-state index in [0.717, 1.165) is 24.8 Å². The minimum Gasteiger partial charge on any atom is -0.493 e. The summed E-state index contributed by atoms with van der Waals surface area (Å²) in [6.07, 6.45) is 3.12. The molecule has 4 rings (SSSR count). The summed E-state index contributed by atoms with van der Waals surface area (Å²) in [5.74, 6) is -1.22. The first-order chi connectivity index (χ1) is 17.5. The quantitative estimate of drug-likeness (QED) is 0.207. The third-order valence-corrected chi connectivity index (χ3v) is 6.04. The Hall–Kier alpha value is -3.73. The topological polar surface area (TPSA) is 18.5 Å². The molecular formula is C31H29F3O2. The van der Waals surface area contributed by atoms with Crippen molar-refractivity contribution in [2.45, 2.75) is 39.7 Å². The SMILES string of the molecule is CCCCCOc1ccc(-c2ccc(OCc3ccc(-c4ccc(C)cc4)c(F)c3F)cc2)c(F)c1. The molecule has 5 heteroatoms. The van der Waals surface area contributed by atoms with Gasteiger partial charge in [-0.1, -0.05) is 73.9 Å². The molecule has 0 bridgehead atoms. The molecule has 0 unspecified atom stereocenters. The number of halogens is 3. The fourth-order valence-corrected chi connectivity index (χ4v) is 3.91. The molecule has 0 spiro atoms. The smallest absolute Gasteiger partial charge is 0.167 e. The van der Waals surface area contributed by atoms with Crippen molar-refractivity contribution >= 4 is 0 Å². The molecular weight excluding hydrogens is 461 g/mol. The Bertz CT molecular complexity index is 1300. The maximum Gasteiger partial charge on any atom is 0.167 e. The van der Waals surface area contributed by atoms with Gasteiger partial charge in [0.15, 0.2) is 11.6 Å². The maximum absolute atomic E-state index is 14.7. The summed E-state index contributed by atoms with van der Waals surface area (Å²) < 4.78 is 55.3. The molecule has 0 atom stereocenters. The van der Waals surface area contributed by atoms with Gasteiger partial charge in [0, 0.05) is 22.8 Å². The summed E-state index contributed by atoms with van der Waals surface area (Å²) >= 11 is 0. The van der Waals surface area contributed by atoms with Crippen molar-refractivity contribution < 1.29 is 22.6 Å². The molecule has 0 saturated heterocycles. The number of ether oxygens (including phenoxy) is 2. The number of unbranched alkanes of at least 4 members (excludes halogenated alkanes) is 2. The molecule has 36 heavy (non-hydrogen) atoms. The fourth-order valence-electron chi connectivity index (χ4n) is 3.91. The number of hydrogen-bond donors (Lipinski definition) is 0. The van der Waals surface area contributed by atoms with Gasteiger partial charge in [0.05, 0.1) is 6.61 Å². The van der Waals surface area contributed by atoms with Crippen LogP contribution < -0.4 is 9.47 Å². The van der Waals surface area contributed by atoms with Gasteiger partial charge < -0.3 is 9.47 Å². The Morgan fingerprint density at radius 2 is 1.28 bits per heavy atom. The highest BCUT2D eigenvalue weighted by Crippen LogP contribution is 2.30. The Balaban J connectivity index is 1.40. The Morgan fingerprint density at radius 3 is 1.97 bits per heavy atom. The van der Waals surface area contributed by atoms with Crippen LogP contribution in [0.15, 0.2) is 78.9 Å². The Kier molecular flexibility index (Phi) is 8.32. The van der Waals surface area contributed by atoms with Gasteiger partial charge in [-0.25, -0.2) is 13.2 Å². The van der Waals surface area contributed by atoms with Crippen LogP contribution >= 0.6 is 0 Å². The van der Waals surface area contributed by atoms with E-state index in [1.807, 2.05) is 19.1 Å². The summed E-state index contributed by atoms with van der Waals surface area (Å²) in [5, 5.41) is 0. The van der Waals surface area contributed by atoms with Crippen molar-refractivity contribution in [2.24, 2.45) is 0 Å². The summed E-state index contributed by atoms with van der Waals surface area (Å²) in [6.45, 7) is 4.49. The lowest BCUT2D eigenvalue weighted by Crippen LogP contribution is -2.02. The van der Waals surface area contributed by atoms with Crippen molar-refractivity contribution in [3.05, 3.63) is 107 Å². The zero-order valence-corrected chi connectivity index (χ0v) is 20.5. The largest absolute Gasteiger partial charge is 0.493 e. The monoisotopic (exact) mass is 490 g/mol. The zero-order chi connectivity index (χ0) is 25.5. The van der Waals surface area contributed by atoms with E-state index in [2.05, 4.69) is 6.92 Å². The van der Waals surface area contributed by atoms with E-state index in [9.17, 15) is 13.2 Å². The highest BCUT2D eigenvalue weighted by atomic mass is 19.2. The molecule has 2 nitrogen and oxygen atoms in total. The molecule has 0 aliphatic heterocycles. The average Bonchev–Trinajstić information content (AvgIpc) is 2.89. The molecule has 4 aromatic carbocycles.